The highest BCUT2D eigenvalue weighted by Crippen LogP contribution is 2.42. The predicted molar refractivity (Wildman–Crippen MR) is 135 cm³/mol. The molecule has 4 heterocycles. The summed E-state index contributed by atoms with van der Waals surface area (Å²) >= 11 is 0. The lowest BCUT2D eigenvalue weighted by molar-refractivity contribution is -0.000189. The van der Waals surface area contributed by atoms with Crippen LogP contribution in [-0.2, 0) is 4.74 Å². The third-order valence-corrected chi connectivity index (χ3v) is 7.01. The van der Waals surface area contributed by atoms with Crippen LogP contribution in [0.15, 0.2) is 61.1 Å². The molecule has 8 nitrogen and oxygen atoms in total. The summed E-state index contributed by atoms with van der Waals surface area (Å²) in [6.45, 7) is 4.01. The van der Waals surface area contributed by atoms with Gasteiger partial charge in [-0.05, 0) is 43.2 Å². The average molecular weight is 454 g/mol. The molecule has 4 N–H and O–H groups in total. The number of nitrogen functional groups attached to an aromatic ring is 1. The highest BCUT2D eigenvalue weighted by atomic mass is 16.5. The molecule has 0 saturated carbocycles. The van der Waals surface area contributed by atoms with Crippen LogP contribution in [0.2, 0.25) is 0 Å². The number of rotatable bonds is 5. The highest BCUT2D eigenvalue weighted by Gasteiger charge is 2.43. The van der Waals surface area contributed by atoms with Crippen LogP contribution in [0.25, 0.3) is 16.9 Å². The Labute approximate surface area is 197 Å². The lowest BCUT2D eigenvalue weighted by Gasteiger charge is -2.53. The Morgan fingerprint density at radius 3 is 2.62 bits per heavy atom. The molecular weight excluding hydrogens is 426 g/mol. The molecule has 6 rings (SSSR count). The number of hydrogen-bond donors (Lipinski definition) is 3. The summed E-state index contributed by atoms with van der Waals surface area (Å²) in [6.07, 6.45) is 9.19. The van der Waals surface area contributed by atoms with Gasteiger partial charge in [0.1, 0.15) is 0 Å². The fourth-order valence-electron chi connectivity index (χ4n) is 4.98. The van der Waals surface area contributed by atoms with Crippen LogP contribution in [0.5, 0.6) is 0 Å². The van der Waals surface area contributed by atoms with Crippen LogP contribution < -0.4 is 16.0 Å². The van der Waals surface area contributed by atoms with E-state index in [9.17, 15) is 0 Å². The molecule has 2 fully saturated rings. The second-order valence-electron chi connectivity index (χ2n) is 9.26. The van der Waals surface area contributed by atoms with Gasteiger partial charge in [-0.25, -0.2) is 9.97 Å². The second kappa shape index (κ2) is 8.14. The minimum Gasteiger partial charge on any atom is -0.398 e. The maximum Gasteiger partial charge on any atom is 0.180 e. The summed E-state index contributed by atoms with van der Waals surface area (Å²) in [5.41, 5.74) is 12.4. The minimum atomic E-state index is 0.451. The van der Waals surface area contributed by atoms with E-state index in [0.29, 0.717) is 22.5 Å². The van der Waals surface area contributed by atoms with Gasteiger partial charge in [0.2, 0.25) is 0 Å². The number of fused-ring (bicyclic) bond motifs is 1. The zero-order valence-corrected chi connectivity index (χ0v) is 18.9. The largest absolute Gasteiger partial charge is 0.398 e. The van der Waals surface area contributed by atoms with Gasteiger partial charge < -0.3 is 30.5 Å². The van der Waals surface area contributed by atoms with Crippen molar-refractivity contribution < 1.29 is 4.74 Å². The Morgan fingerprint density at radius 2 is 1.88 bits per heavy atom. The number of imidazole rings is 1. The van der Waals surface area contributed by atoms with Crippen molar-refractivity contribution in [3.63, 3.8) is 0 Å². The number of nitrogens with one attached hydrogen (secondary N) is 2. The third-order valence-electron chi connectivity index (χ3n) is 7.01. The number of benzene rings is 2. The molecule has 0 aliphatic carbocycles. The molecule has 172 valence electrons. The first-order chi connectivity index (χ1) is 16.6. The van der Waals surface area contributed by atoms with E-state index in [1.165, 1.54) is 24.7 Å². The molecule has 1 spiro atoms. The molecule has 0 atom stereocenters. The first-order valence-electron chi connectivity index (χ1n) is 11.6. The van der Waals surface area contributed by atoms with Crippen LogP contribution in [0, 0.1) is 10.8 Å². The number of aromatic nitrogens is 3. The quantitative estimate of drug-likeness (QED) is 0.307. The molecule has 0 unspecified atom stereocenters. The van der Waals surface area contributed by atoms with Gasteiger partial charge in [-0.3, -0.25) is 0 Å². The van der Waals surface area contributed by atoms with Gasteiger partial charge in [0.05, 0.1) is 5.69 Å². The van der Waals surface area contributed by atoms with Gasteiger partial charge in [-0.15, -0.1) is 0 Å². The van der Waals surface area contributed by atoms with E-state index >= 15 is 0 Å². The SMILES string of the molecule is N=Cc1ccc(-c2cn3ccnc3c(Nc3ccc(N4CC5(CCOCC5)C4)cc3)n2)cc1N. The van der Waals surface area contributed by atoms with Crippen LogP contribution in [-0.4, -0.2) is 46.9 Å². The molecule has 34 heavy (non-hydrogen) atoms. The molecule has 4 aromatic rings. The van der Waals surface area contributed by atoms with Crippen LogP contribution >= 0.6 is 0 Å². The zero-order valence-electron chi connectivity index (χ0n) is 18.9. The van der Waals surface area contributed by atoms with E-state index in [0.717, 1.165) is 48.9 Å². The average Bonchev–Trinajstić information content (AvgIpc) is 3.33. The van der Waals surface area contributed by atoms with Crippen LogP contribution in [0.1, 0.15) is 18.4 Å². The van der Waals surface area contributed by atoms with Crippen molar-refractivity contribution in [1.29, 1.82) is 5.41 Å². The Bertz CT molecular complexity index is 1350. The lowest BCUT2D eigenvalue weighted by Crippen LogP contribution is -2.58. The van der Waals surface area contributed by atoms with Gasteiger partial charge in [-0.2, -0.15) is 0 Å². The number of ether oxygens (including phenoxy) is 1. The lowest BCUT2D eigenvalue weighted by atomic mass is 9.73. The molecule has 2 aromatic carbocycles. The molecule has 0 bridgehead atoms. The van der Waals surface area contributed by atoms with Gasteiger partial charge in [0.15, 0.2) is 11.5 Å². The molecule has 2 aromatic heterocycles. The Hall–Kier alpha value is -3.91. The van der Waals surface area contributed by atoms with E-state index in [1.807, 2.05) is 35.0 Å². The summed E-state index contributed by atoms with van der Waals surface area (Å²) in [5.74, 6) is 0.676. The smallest absolute Gasteiger partial charge is 0.180 e. The molecule has 0 amide bonds. The fraction of sp³-hybridized carbons (Fsp3) is 0.269. The second-order valence-corrected chi connectivity index (χ2v) is 9.26. The Morgan fingerprint density at radius 1 is 1.09 bits per heavy atom. The van der Waals surface area contributed by atoms with Crippen molar-refractivity contribution >= 4 is 34.7 Å². The number of anilines is 4. The molecule has 2 saturated heterocycles. The van der Waals surface area contributed by atoms with Crippen molar-refractivity contribution in [3.8, 4) is 11.3 Å². The minimum absolute atomic E-state index is 0.451. The van der Waals surface area contributed by atoms with E-state index in [1.54, 1.807) is 6.20 Å². The van der Waals surface area contributed by atoms with E-state index in [-0.39, 0.29) is 0 Å². The number of hydrogen-bond acceptors (Lipinski definition) is 7. The summed E-state index contributed by atoms with van der Waals surface area (Å²) in [4.78, 5) is 11.8. The third kappa shape index (κ3) is 3.66. The summed E-state index contributed by atoms with van der Waals surface area (Å²) in [5, 5.41) is 10.9. The molecule has 2 aliphatic rings. The normalized spacial score (nSPS) is 17.0. The monoisotopic (exact) mass is 453 g/mol. The van der Waals surface area contributed by atoms with Crippen molar-refractivity contribution in [1.82, 2.24) is 14.4 Å². The summed E-state index contributed by atoms with van der Waals surface area (Å²) in [7, 11) is 0. The van der Waals surface area contributed by atoms with E-state index in [2.05, 4.69) is 39.5 Å². The fourth-order valence-corrected chi connectivity index (χ4v) is 4.98. The predicted octanol–water partition coefficient (Wildman–Crippen LogP) is 4.34. The summed E-state index contributed by atoms with van der Waals surface area (Å²) < 4.78 is 7.49. The topological polar surface area (TPSA) is 105 Å². The molecule has 2 aliphatic heterocycles. The first-order valence-corrected chi connectivity index (χ1v) is 11.6. The van der Waals surface area contributed by atoms with Crippen molar-refractivity contribution in [2.45, 2.75) is 12.8 Å². The number of nitrogens with zero attached hydrogens (tertiary/aromatic N) is 4. The standard InChI is InChI=1S/C26H27N7O/c27-14-19-2-1-18(13-22(19)28)23-15-32-10-9-29-25(32)24(31-23)30-20-3-5-21(6-4-20)33-16-26(17-33)7-11-34-12-8-26/h1-6,9-10,13-15,27H,7-8,11-12,16-17,28H2,(H,30,31). The Kier molecular flexibility index (Phi) is 4.95. The zero-order chi connectivity index (χ0) is 23.1. The Balaban J connectivity index is 1.24. The molecule has 8 heteroatoms. The molecule has 0 radical (unpaired) electrons. The van der Waals surface area contributed by atoms with Crippen LogP contribution in [0.3, 0.4) is 0 Å². The van der Waals surface area contributed by atoms with Gasteiger partial charge in [0.25, 0.3) is 0 Å². The van der Waals surface area contributed by atoms with Crippen molar-refractivity contribution in [2.24, 2.45) is 5.41 Å². The molecular formula is C26H27N7O. The van der Waals surface area contributed by atoms with E-state index in [4.69, 9.17) is 20.9 Å². The van der Waals surface area contributed by atoms with E-state index < -0.39 is 0 Å². The maximum atomic E-state index is 7.46. The number of nitrogens with two attached hydrogens (primary N) is 1. The van der Waals surface area contributed by atoms with Crippen molar-refractivity contribution in [3.05, 3.63) is 66.6 Å². The summed E-state index contributed by atoms with van der Waals surface area (Å²) in [6, 6.07) is 14.1. The first kappa shape index (κ1) is 20.7. The van der Waals surface area contributed by atoms with Crippen LogP contribution in [0.4, 0.5) is 22.9 Å². The highest BCUT2D eigenvalue weighted by molar-refractivity contribution is 5.87. The van der Waals surface area contributed by atoms with Gasteiger partial charge in [-0.1, -0.05) is 12.1 Å². The van der Waals surface area contributed by atoms with Gasteiger partial charge >= 0.3 is 0 Å². The maximum absolute atomic E-state index is 7.46. The van der Waals surface area contributed by atoms with Crippen molar-refractivity contribution in [2.75, 3.05) is 42.3 Å². The van der Waals surface area contributed by atoms with Gasteiger partial charge in [0, 0.05) is 84.7 Å².